The molecule has 1 unspecified atom stereocenters. The molecule has 0 bridgehead atoms. The third-order valence-corrected chi connectivity index (χ3v) is 4.88. The molecule has 3 rings (SSSR count). The molecular weight excluding hydrogens is 421 g/mol. The lowest BCUT2D eigenvalue weighted by Gasteiger charge is -2.25. The van der Waals surface area contributed by atoms with Crippen molar-refractivity contribution in [2.75, 3.05) is 19.6 Å². The van der Waals surface area contributed by atoms with E-state index in [9.17, 15) is 18.0 Å². The fourth-order valence-corrected chi connectivity index (χ4v) is 3.43. The maximum Gasteiger partial charge on any atom is 0.389 e. The third-order valence-electron chi connectivity index (χ3n) is 4.66. The van der Waals surface area contributed by atoms with Crippen molar-refractivity contribution in [1.29, 1.82) is 5.26 Å². The molecule has 11 heteroatoms. The van der Waals surface area contributed by atoms with Crippen LogP contribution in [0.25, 0.3) is 0 Å². The summed E-state index contributed by atoms with van der Waals surface area (Å²) in [5, 5.41) is 17.7. The number of hydrogen-bond donors (Lipinski definition) is 1. The van der Waals surface area contributed by atoms with E-state index in [2.05, 4.69) is 27.5 Å². The first-order valence-electron chi connectivity index (χ1n) is 9.30. The van der Waals surface area contributed by atoms with Gasteiger partial charge in [-0.05, 0) is 31.0 Å². The van der Waals surface area contributed by atoms with Gasteiger partial charge in [0.15, 0.2) is 6.19 Å². The molecule has 1 fully saturated rings. The number of carbonyl (C=O) groups excluding carboxylic acids is 1. The molecule has 1 saturated heterocycles. The molecule has 2 aliphatic heterocycles. The minimum absolute atomic E-state index is 0.00981. The summed E-state index contributed by atoms with van der Waals surface area (Å²) in [5.74, 6) is 0.0219. The largest absolute Gasteiger partial charge is 0.389 e. The van der Waals surface area contributed by atoms with Crippen LogP contribution in [0, 0.1) is 23.6 Å². The highest BCUT2D eigenvalue weighted by Gasteiger charge is 2.38. The number of amides is 1. The lowest BCUT2D eigenvalue weighted by molar-refractivity contribution is -0.135. The van der Waals surface area contributed by atoms with Crippen molar-refractivity contribution in [1.82, 2.24) is 15.2 Å². The Balaban J connectivity index is 1.84. The number of guanidine groups is 1. The van der Waals surface area contributed by atoms with Crippen LogP contribution < -0.4 is 5.32 Å². The van der Waals surface area contributed by atoms with Crippen LogP contribution in [0.1, 0.15) is 31.2 Å². The molecule has 2 heterocycles. The van der Waals surface area contributed by atoms with Gasteiger partial charge in [-0.1, -0.05) is 17.7 Å². The van der Waals surface area contributed by atoms with E-state index in [-0.39, 0.29) is 31.4 Å². The van der Waals surface area contributed by atoms with Crippen LogP contribution >= 0.6 is 11.6 Å². The average molecular weight is 439 g/mol. The number of halogens is 4. The summed E-state index contributed by atoms with van der Waals surface area (Å²) in [6.45, 7) is 0.654. The van der Waals surface area contributed by atoms with Gasteiger partial charge in [0.2, 0.25) is 11.9 Å². The summed E-state index contributed by atoms with van der Waals surface area (Å²) in [6, 6.07) is 8.58. The summed E-state index contributed by atoms with van der Waals surface area (Å²) >= 11 is 5.88. The molecule has 0 radical (unpaired) electrons. The second-order valence-electron chi connectivity index (χ2n) is 6.78. The van der Waals surface area contributed by atoms with Crippen molar-refractivity contribution < 1.29 is 18.0 Å². The van der Waals surface area contributed by atoms with Crippen molar-refractivity contribution >= 4 is 29.2 Å². The fraction of sp³-hybridized carbons (Fsp3) is 0.474. The molecule has 0 aromatic heterocycles. The number of hydrazone groups is 1. The molecule has 0 saturated carbocycles. The number of nitriles is 1. The molecule has 1 aromatic carbocycles. The zero-order valence-electron chi connectivity index (χ0n) is 15.8. The number of nitrogens with zero attached hydrogens (tertiary/aromatic N) is 5. The van der Waals surface area contributed by atoms with Gasteiger partial charge in [-0.25, -0.2) is 5.01 Å². The highest BCUT2D eigenvalue weighted by Crippen LogP contribution is 2.24. The summed E-state index contributed by atoms with van der Waals surface area (Å²) in [7, 11) is 0. The first-order chi connectivity index (χ1) is 14.3. The summed E-state index contributed by atoms with van der Waals surface area (Å²) < 4.78 is 37.1. The third kappa shape index (κ3) is 5.33. The molecule has 158 valence electrons. The van der Waals surface area contributed by atoms with E-state index in [0.29, 0.717) is 29.3 Å². The second kappa shape index (κ2) is 9.23. The van der Waals surface area contributed by atoms with Crippen LogP contribution in [-0.2, 0) is 4.79 Å². The van der Waals surface area contributed by atoms with E-state index < -0.39 is 18.6 Å². The van der Waals surface area contributed by atoms with E-state index >= 15 is 0 Å². The maximum absolute atomic E-state index is 12.4. The van der Waals surface area contributed by atoms with Gasteiger partial charge in [0.05, 0.1) is 23.2 Å². The van der Waals surface area contributed by atoms with E-state index in [1.807, 2.05) is 0 Å². The van der Waals surface area contributed by atoms with E-state index in [1.165, 1.54) is 5.01 Å². The van der Waals surface area contributed by atoms with Crippen LogP contribution in [0.2, 0.25) is 5.02 Å². The van der Waals surface area contributed by atoms with Gasteiger partial charge in [-0.15, -0.1) is 0 Å². The molecular formula is C19H18ClF3N6O. The fourth-order valence-electron chi connectivity index (χ4n) is 3.32. The van der Waals surface area contributed by atoms with E-state index in [1.54, 1.807) is 23.2 Å². The van der Waals surface area contributed by atoms with Crippen molar-refractivity contribution in [3.8, 4) is 6.19 Å². The van der Waals surface area contributed by atoms with Crippen molar-refractivity contribution in [3.63, 3.8) is 0 Å². The molecule has 2 aliphatic rings. The summed E-state index contributed by atoms with van der Waals surface area (Å²) in [4.78, 5) is 18.1. The van der Waals surface area contributed by atoms with E-state index in [4.69, 9.17) is 16.9 Å². The molecule has 1 amide bonds. The number of hydrogen-bond acceptors (Lipinski definition) is 4. The first-order valence-corrected chi connectivity index (χ1v) is 9.68. The Bertz CT molecular complexity index is 878. The quantitative estimate of drug-likeness (QED) is 0.252. The summed E-state index contributed by atoms with van der Waals surface area (Å²) in [5.41, 5.74) is 1.11. The highest BCUT2D eigenvalue weighted by atomic mass is 35.5. The number of alkyl halides is 3. The SMILES string of the molecule is N#CNC(=NCCCC(F)(F)F)N1CC(N2CCCC2=O)C(c2c#cc(Cl)cc2)=N1. The van der Waals surface area contributed by atoms with Gasteiger partial charge in [0, 0.05) is 25.9 Å². The molecule has 1 atom stereocenters. The number of rotatable bonds is 5. The molecule has 0 aliphatic carbocycles. The maximum atomic E-state index is 12.4. The Morgan fingerprint density at radius 2 is 2.23 bits per heavy atom. The van der Waals surface area contributed by atoms with Gasteiger partial charge in [0.1, 0.15) is 5.71 Å². The van der Waals surface area contributed by atoms with Crippen molar-refractivity contribution in [2.24, 2.45) is 10.1 Å². The van der Waals surface area contributed by atoms with Crippen molar-refractivity contribution in [3.05, 3.63) is 34.9 Å². The Kier molecular flexibility index (Phi) is 6.68. The topological polar surface area (TPSA) is 84.1 Å². The highest BCUT2D eigenvalue weighted by molar-refractivity contribution is 6.30. The Labute approximate surface area is 176 Å². The van der Waals surface area contributed by atoms with E-state index in [0.717, 1.165) is 6.42 Å². The Morgan fingerprint density at radius 1 is 1.43 bits per heavy atom. The van der Waals surface area contributed by atoms with Gasteiger partial charge in [-0.3, -0.25) is 15.1 Å². The predicted molar refractivity (Wildman–Crippen MR) is 103 cm³/mol. The number of nitrogens with one attached hydrogen (secondary N) is 1. The second-order valence-corrected chi connectivity index (χ2v) is 7.19. The molecule has 1 N–H and O–H groups in total. The zero-order valence-corrected chi connectivity index (χ0v) is 16.6. The minimum atomic E-state index is -4.26. The average Bonchev–Trinajstić information content (AvgIpc) is 3.30. The molecule has 30 heavy (non-hydrogen) atoms. The van der Waals surface area contributed by atoms with Crippen LogP contribution in [0.5, 0.6) is 0 Å². The Morgan fingerprint density at radius 3 is 2.83 bits per heavy atom. The van der Waals surface area contributed by atoms with Crippen molar-refractivity contribution in [2.45, 2.75) is 37.9 Å². The zero-order chi connectivity index (χ0) is 21.7. The van der Waals surface area contributed by atoms with Crippen LogP contribution in [-0.4, -0.2) is 59.3 Å². The van der Waals surface area contributed by atoms with Gasteiger partial charge < -0.3 is 4.90 Å². The monoisotopic (exact) mass is 438 g/mol. The number of aliphatic imine (C=N–C) groups is 1. The minimum Gasteiger partial charge on any atom is -0.332 e. The Hall–Kier alpha value is -2.98. The molecule has 0 spiro atoms. The lowest BCUT2D eigenvalue weighted by Crippen LogP contribution is -2.45. The number of carbonyl (C=O) groups is 1. The van der Waals surface area contributed by atoms with Gasteiger partial charge >= 0.3 is 6.18 Å². The lowest BCUT2D eigenvalue weighted by atomic mass is 10.0. The van der Waals surface area contributed by atoms with Crippen LogP contribution in [0.3, 0.4) is 0 Å². The van der Waals surface area contributed by atoms with Gasteiger partial charge in [-0.2, -0.15) is 23.5 Å². The molecule has 7 nitrogen and oxygen atoms in total. The van der Waals surface area contributed by atoms with Crippen LogP contribution in [0.4, 0.5) is 13.2 Å². The normalized spacial score (nSPS) is 19.6. The van der Waals surface area contributed by atoms with Gasteiger partial charge in [0.25, 0.3) is 0 Å². The summed E-state index contributed by atoms with van der Waals surface area (Å²) in [6.07, 6.45) is -2.54. The standard InChI is InChI=1S/C19H18ClF3N6O/c20-14-6-4-13(5-7-14)17-15(28-10-1-3-16(28)30)11-29(27-17)18(26-12-24)25-9-2-8-19(21,22)23/h4,6,15H,1-3,8-11H2,(H,25,26). The number of likely N-dealkylation sites (tertiary alicyclic amines) is 1. The molecule has 1 aromatic rings. The van der Waals surface area contributed by atoms with Crippen LogP contribution in [0.15, 0.2) is 22.2 Å². The predicted octanol–water partition coefficient (Wildman–Crippen LogP) is 2.72. The smallest absolute Gasteiger partial charge is 0.332 e. The first kappa shape index (κ1) is 21.7.